The highest BCUT2D eigenvalue weighted by Crippen LogP contribution is 2.22. The van der Waals surface area contributed by atoms with Crippen molar-refractivity contribution in [2.75, 3.05) is 19.0 Å². The maximum atomic E-state index is 13.3. The summed E-state index contributed by atoms with van der Waals surface area (Å²) >= 11 is 0. The number of benzene rings is 1. The molecule has 9 heteroatoms. The number of hydrogen-bond donors (Lipinski definition) is 2. The average molecular weight is 283 g/mol. The van der Waals surface area contributed by atoms with Crippen molar-refractivity contribution in [1.29, 1.82) is 0 Å². The van der Waals surface area contributed by atoms with Gasteiger partial charge in [0.25, 0.3) is 5.91 Å². The first-order valence-electron chi connectivity index (χ1n) is 4.93. The minimum atomic E-state index is -4.60. The summed E-state index contributed by atoms with van der Waals surface area (Å²) in [6, 6.07) is 1.21. The van der Waals surface area contributed by atoms with Gasteiger partial charge in [-0.1, -0.05) is 0 Å². The first-order chi connectivity index (χ1) is 8.65. The molecular weight excluding hydrogens is 273 g/mol. The zero-order valence-electron chi connectivity index (χ0n) is 9.68. The van der Waals surface area contributed by atoms with Crippen LogP contribution >= 0.6 is 0 Å². The van der Waals surface area contributed by atoms with Crippen molar-refractivity contribution in [2.45, 2.75) is 6.18 Å². The molecule has 0 bridgehead atoms. The van der Waals surface area contributed by atoms with Crippen LogP contribution < -0.4 is 11.3 Å². The molecule has 0 fully saturated rings. The summed E-state index contributed by atoms with van der Waals surface area (Å²) in [7, 11) is 0.876. The lowest BCUT2D eigenvalue weighted by molar-refractivity contribution is -0.138. The molecule has 0 aliphatic rings. The van der Waals surface area contributed by atoms with E-state index in [-0.39, 0.29) is 0 Å². The summed E-state index contributed by atoms with van der Waals surface area (Å²) in [5, 5.41) is 0. The molecule has 0 unspecified atom stereocenters. The van der Waals surface area contributed by atoms with Gasteiger partial charge in [0.2, 0.25) is 0 Å². The van der Waals surface area contributed by atoms with E-state index in [9.17, 15) is 26.7 Å². The van der Waals surface area contributed by atoms with Gasteiger partial charge in [-0.15, -0.1) is 0 Å². The molecule has 106 valence electrons. The standard InChI is InChI=1S/C10H10F5N3O/c1-18(4-10(13,14)15)9(19)5-2-6(11)8(17-16)7(12)3-5/h2-3,17H,4,16H2,1H3. The van der Waals surface area contributed by atoms with Crippen LogP contribution in [-0.2, 0) is 0 Å². The molecule has 1 amide bonds. The van der Waals surface area contributed by atoms with Crippen molar-refractivity contribution in [3.63, 3.8) is 0 Å². The number of hydrogen-bond acceptors (Lipinski definition) is 3. The maximum Gasteiger partial charge on any atom is 0.406 e. The van der Waals surface area contributed by atoms with Crippen LogP contribution in [0.2, 0.25) is 0 Å². The van der Waals surface area contributed by atoms with Crippen LogP contribution in [0.4, 0.5) is 27.6 Å². The largest absolute Gasteiger partial charge is 0.406 e. The van der Waals surface area contributed by atoms with E-state index in [0.29, 0.717) is 17.0 Å². The predicted octanol–water partition coefficient (Wildman–Crippen LogP) is 1.88. The third-order valence-corrected chi connectivity index (χ3v) is 2.20. The molecule has 3 N–H and O–H groups in total. The van der Waals surface area contributed by atoms with Gasteiger partial charge in [-0.05, 0) is 12.1 Å². The van der Waals surface area contributed by atoms with Gasteiger partial charge >= 0.3 is 6.18 Å². The van der Waals surface area contributed by atoms with Crippen LogP contribution in [0.3, 0.4) is 0 Å². The van der Waals surface area contributed by atoms with E-state index in [4.69, 9.17) is 5.84 Å². The second-order valence-electron chi connectivity index (χ2n) is 3.74. The summed E-state index contributed by atoms with van der Waals surface area (Å²) < 4.78 is 62.9. The van der Waals surface area contributed by atoms with Gasteiger partial charge in [0, 0.05) is 12.6 Å². The van der Waals surface area contributed by atoms with E-state index in [2.05, 4.69) is 0 Å². The number of alkyl halides is 3. The number of nitrogens with zero attached hydrogens (tertiary/aromatic N) is 1. The van der Waals surface area contributed by atoms with E-state index >= 15 is 0 Å². The highest BCUT2D eigenvalue weighted by Gasteiger charge is 2.31. The number of nitrogen functional groups attached to an aromatic ring is 1. The van der Waals surface area contributed by atoms with E-state index in [1.807, 2.05) is 0 Å². The summed E-state index contributed by atoms with van der Waals surface area (Å²) in [6.07, 6.45) is -4.60. The lowest BCUT2D eigenvalue weighted by atomic mass is 10.1. The Hall–Kier alpha value is -1.90. The lowest BCUT2D eigenvalue weighted by Crippen LogP contribution is -2.36. The average Bonchev–Trinajstić information content (AvgIpc) is 2.25. The van der Waals surface area contributed by atoms with Gasteiger partial charge < -0.3 is 10.3 Å². The Morgan fingerprint density at radius 1 is 1.32 bits per heavy atom. The van der Waals surface area contributed by atoms with Crippen LogP contribution in [0.1, 0.15) is 10.4 Å². The number of rotatable bonds is 3. The number of amides is 1. The molecule has 19 heavy (non-hydrogen) atoms. The molecule has 0 spiro atoms. The van der Waals surface area contributed by atoms with E-state index < -0.39 is 41.5 Å². The van der Waals surface area contributed by atoms with E-state index in [0.717, 1.165) is 7.05 Å². The highest BCUT2D eigenvalue weighted by atomic mass is 19.4. The third-order valence-electron chi connectivity index (χ3n) is 2.20. The van der Waals surface area contributed by atoms with Crippen LogP contribution in [0.25, 0.3) is 0 Å². The van der Waals surface area contributed by atoms with Gasteiger partial charge in [0.05, 0.1) is 0 Å². The fourth-order valence-corrected chi connectivity index (χ4v) is 1.40. The molecule has 1 aromatic rings. The van der Waals surface area contributed by atoms with Gasteiger partial charge in [-0.2, -0.15) is 13.2 Å². The van der Waals surface area contributed by atoms with Crippen molar-refractivity contribution in [1.82, 2.24) is 4.90 Å². The quantitative estimate of drug-likeness (QED) is 0.506. The predicted molar refractivity (Wildman–Crippen MR) is 57.2 cm³/mol. The highest BCUT2D eigenvalue weighted by molar-refractivity contribution is 5.94. The SMILES string of the molecule is CN(CC(F)(F)F)C(=O)c1cc(F)c(NN)c(F)c1. The number of carbonyl (C=O) groups is 1. The second-order valence-corrected chi connectivity index (χ2v) is 3.74. The number of halogens is 5. The van der Waals surface area contributed by atoms with Gasteiger partial charge in [0.1, 0.15) is 12.2 Å². The Kier molecular flexibility index (Phi) is 4.30. The zero-order chi connectivity index (χ0) is 14.8. The molecule has 0 atom stereocenters. The minimum Gasteiger partial charge on any atom is -0.333 e. The first kappa shape index (κ1) is 15.2. The number of nitrogens with one attached hydrogen (secondary N) is 1. The normalized spacial score (nSPS) is 11.3. The van der Waals surface area contributed by atoms with E-state index in [1.165, 1.54) is 0 Å². The topological polar surface area (TPSA) is 58.4 Å². The first-order valence-corrected chi connectivity index (χ1v) is 4.93. The summed E-state index contributed by atoms with van der Waals surface area (Å²) in [5.41, 5.74) is 0.530. The number of nitrogens with two attached hydrogens (primary N) is 1. The number of carbonyl (C=O) groups excluding carboxylic acids is 1. The van der Waals surface area contributed by atoms with Crippen LogP contribution in [0.5, 0.6) is 0 Å². The smallest absolute Gasteiger partial charge is 0.333 e. The summed E-state index contributed by atoms with van der Waals surface area (Å²) in [4.78, 5) is 11.9. The van der Waals surface area contributed by atoms with Crippen molar-refractivity contribution >= 4 is 11.6 Å². The molecule has 4 nitrogen and oxygen atoms in total. The fourth-order valence-electron chi connectivity index (χ4n) is 1.40. The Morgan fingerprint density at radius 3 is 2.16 bits per heavy atom. The Bertz CT molecular complexity index is 466. The van der Waals surface area contributed by atoms with Crippen molar-refractivity contribution in [2.24, 2.45) is 5.84 Å². The van der Waals surface area contributed by atoms with E-state index in [1.54, 1.807) is 5.43 Å². The third kappa shape index (κ3) is 3.78. The molecule has 1 aromatic carbocycles. The van der Waals surface area contributed by atoms with Crippen molar-refractivity contribution in [3.8, 4) is 0 Å². The van der Waals surface area contributed by atoms with Crippen molar-refractivity contribution in [3.05, 3.63) is 29.3 Å². The Labute approximate surface area is 105 Å². The van der Waals surface area contributed by atoms with Gasteiger partial charge in [-0.3, -0.25) is 10.6 Å². The maximum absolute atomic E-state index is 13.3. The Balaban J connectivity index is 3.01. The molecule has 0 saturated carbocycles. The lowest BCUT2D eigenvalue weighted by Gasteiger charge is -2.19. The number of anilines is 1. The molecule has 0 aromatic heterocycles. The van der Waals surface area contributed by atoms with Crippen molar-refractivity contribution < 1.29 is 26.7 Å². The molecule has 1 rings (SSSR count). The van der Waals surface area contributed by atoms with Crippen LogP contribution in [0, 0.1) is 11.6 Å². The van der Waals surface area contributed by atoms with Crippen LogP contribution in [-0.4, -0.2) is 30.6 Å². The fraction of sp³-hybridized carbons (Fsp3) is 0.300. The molecule has 0 aliphatic heterocycles. The molecule has 0 aliphatic carbocycles. The van der Waals surface area contributed by atoms with Crippen LogP contribution in [0.15, 0.2) is 12.1 Å². The summed E-state index contributed by atoms with van der Waals surface area (Å²) in [6.45, 7) is -1.52. The molecular formula is C10H10F5N3O. The zero-order valence-corrected chi connectivity index (χ0v) is 9.68. The summed E-state index contributed by atoms with van der Waals surface area (Å²) in [5.74, 6) is 1.34. The number of hydrazine groups is 1. The Morgan fingerprint density at radius 2 is 1.79 bits per heavy atom. The van der Waals surface area contributed by atoms with Gasteiger partial charge in [-0.25, -0.2) is 8.78 Å². The molecule has 0 heterocycles. The van der Waals surface area contributed by atoms with Gasteiger partial charge in [0.15, 0.2) is 11.6 Å². The monoisotopic (exact) mass is 283 g/mol. The molecule has 0 saturated heterocycles. The minimum absolute atomic E-state index is 0.309. The second kappa shape index (κ2) is 5.39. The molecule has 0 radical (unpaired) electrons.